The van der Waals surface area contributed by atoms with E-state index < -0.39 is 0 Å². The Balaban J connectivity index is 1.53. The minimum Gasteiger partial charge on any atom is -0.481 e. The Bertz CT molecular complexity index is 865. The molecule has 6 heteroatoms. The Morgan fingerprint density at radius 3 is 2.92 bits per heavy atom. The van der Waals surface area contributed by atoms with E-state index in [1.165, 1.54) is 10.9 Å². The van der Waals surface area contributed by atoms with Crippen LogP contribution >= 0.6 is 0 Å². The van der Waals surface area contributed by atoms with Crippen molar-refractivity contribution in [1.29, 1.82) is 0 Å². The second kappa shape index (κ2) is 7.03. The first kappa shape index (κ1) is 15.8. The average molecular weight is 336 g/mol. The molecule has 0 unspecified atom stereocenters. The highest BCUT2D eigenvalue weighted by atomic mass is 16.5. The van der Waals surface area contributed by atoms with E-state index in [1.54, 1.807) is 19.4 Å². The summed E-state index contributed by atoms with van der Waals surface area (Å²) in [6, 6.07) is 12.2. The fourth-order valence-electron chi connectivity index (χ4n) is 3.27. The molecule has 0 radical (unpaired) electrons. The maximum absolute atomic E-state index is 5.72. The van der Waals surface area contributed by atoms with Crippen LogP contribution in [-0.2, 0) is 11.2 Å². The van der Waals surface area contributed by atoms with Gasteiger partial charge in [0.15, 0.2) is 0 Å². The van der Waals surface area contributed by atoms with Gasteiger partial charge in [0.2, 0.25) is 11.8 Å². The number of nitrogens with zero attached hydrogens (tertiary/aromatic N) is 3. The van der Waals surface area contributed by atoms with Gasteiger partial charge in [0.25, 0.3) is 0 Å². The Morgan fingerprint density at radius 1 is 1.12 bits per heavy atom. The van der Waals surface area contributed by atoms with Crippen LogP contribution in [0.1, 0.15) is 5.56 Å². The third-order valence-electron chi connectivity index (χ3n) is 4.57. The molecule has 0 bridgehead atoms. The van der Waals surface area contributed by atoms with Crippen LogP contribution in [0.3, 0.4) is 0 Å². The third-order valence-corrected chi connectivity index (χ3v) is 4.57. The Hall–Kier alpha value is -2.73. The van der Waals surface area contributed by atoms with E-state index in [9.17, 15) is 0 Å². The summed E-state index contributed by atoms with van der Waals surface area (Å²) < 4.78 is 10.9. The van der Waals surface area contributed by atoms with E-state index in [2.05, 4.69) is 38.5 Å². The summed E-state index contributed by atoms with van der Waals surface area (Å²) in [6.45, 7) is 1.37. The summed E-state index contributed by atoms with van der Waals surface area (Å²) in [5.74, 6) is 1.47. The van der Waals surface area contributed by atoms with Gasteiger partial charge in [-0.25, -0.2) is 4.98 Å². The number of ether oxygens (including phenoxy) is 2. The smallest absolute Gasteiger partial charge is 0.226 e. The van der Waals surface area contributed by atoms with E-state index in [0.717, 1.165) is 18.5 Å². The summed E-state index contributed by atoms with van der Waals surface area (Å²) in [4.78, 5) is 13.1. The number of methoxy groups -OCH3 is 1. The van der Waals surface area contributed by atoms with Crippen LogP contribution in [-0.4, -0.2) is 41.3 Å². The van der Waals surface area contributed by atoms with Crippen molar-refractivity contribution in [2.75, 3.05) is 25.6 Å². The molecule has 0 spiro atoms. The van der Waals surface area contributed by atoms with E-state index >= 15 is 0 Å². The number of hydrogen-bond donors (Lipinski definition) is 1. The first-order valence-corrected chi connectivity index (χ1v) is 8.37. The molecule has 1 fully saturated rings. The van der Waals surface area contributed by atoms with Crippen molar-refractivity contribution in [2.24, 2.45) is 5.92 Å². The first-order chi connectivity index (χ1) is 12.3. The molecule has 1 aliphatic rings. The normalized spacial score (nSPS) is 19.9. The number of aromatic nitrogens is 3. The highest BCUT2D eigenvalue weighted by Crippen LogP contribution is 2.25. The lowest BCUT2D eigenvalue weighted by molar-refractivity contribution is 0.185. The molecule has 1 aromatic carbocycles. The van der Waals surface area contributed by atoms with Crippen LogP contribution in [0, 0.1) is 5.92 Å². The molecule has 2 atom stereocenters. The quantitative estimate of drug-likeness (QED) is 0.772. The Kier molecular flexibility index (Phi) is 4.43. The summed E-state index contributed by atoms with van der Waals surface area (Å²) in [5.41, 5.74) is 2.32. The number of benzene rings is 1. The van der Waals surface area contributed by atoms with E-state index in [4.69, 9.17) is 9.47 Å². The van der Waals surface area contributed by atoms with Gasteiger partial charge in [-0.2, -0.15) is 4.98 Å². The minimum absolute atomic E-state index is 0.166. The second-order valence-corrected chi connectivity index (χ2v) is 6.16. The third kappa shape index (κ3) is 3.39. The van der Waals surface area contributed by atoms with E-state index in [1.807, 2.05) is 18.3 Å². The molecule has 3 aromatic rings. The van der Waals surface area contributed by atoms with Gasteiger partial charge in [0.05, 0.1) is 31.9 Å². The zero-order chi connectivity index (χ0) is 17.1. The molecule has 6 nitrogen and oxygen atoms in total. The van der Waals surface area contributed by atoms with Crippen LogP contribution in [0.25, 0.3) is 10.9 Å². The molecule has 128 valence electrons. The molecule has 25 heavy (non-hydrogen) atoms. The number of hydrogen-bond acceptors (Lipinski definition) is 6. The fourth-order valence-corrected chi connectivity index (χ4v) is 3.27. The molecule has 1 saturated heterocycles. The molecular formula is C19H20N4O2. The predicted molar refractivity (Wildman–Crippen MR) is 95.8 cm³/mol. The monoisotopic (exact) mass is 336 g/mol. The van der Waals surface area contributed by atoms with Crippen molar-refractivity contribution in [3.63, 3.8) is 0 Å². The molecule has 1 aliphatic heterocycles. The highest BCUT2D eigenvalue weighted by Gasteiger charge is 2.29. The standard InChI is InChI=1S/C19H20N4O2/c1-24-18-7-9-21-19(23-18)22-17-12-25-11-14(17)10-13-6-8-20-16-5-3-2-4-15(13)16/h2-9,14,17H,10-12H2,1H3,(H,21,22,23)/t14-,17-/m1/s1. The summed E-state index contributed by atoms with van der Waals surface area (Å²) in [5, 5.41) is 4.59. The van der Waals surface area contributed by atoms with Gasteiger partial charge in [0.1, 0.15) is 0 Å². The van der Waals surface area contributed by atoms with Crippen LogP contribution in [0.2, 0.25) is 0 Å². The lowest BCUT2D eigenvalue weighted by atomic mass is 9.93. The van der Waals surface area contributed by atoms with Gasteiger partial charge < -0.3 is 14.8 Å². The summed E-state index contributed by atoms with van der Waals surface area (Å²) in [6.07, 6.45) is 4.49. The van der Waals surface area contributed by atoms with Gasteiger partial charge in [-0.3, -0.25) is 4.98 Å². The zero-order valence-electron chi connectivity index (χ0n) is 14.1. The molecule has 0 saturated carbocycles. The van der Waals surface area contributed by atoms with Gasteiger partial charge in [-0.05, 0) is 24.1 Å². The van der Waals surface area contributed by atoms with Crippen molar-refractivity contribution in [1.82, 2.24) is 15.0 Å². The number of para-hydroxylation sites is 1. The molecule has 4 rings (SSSR count). The number of fused-ring (bicyclic) bond motifs is 1. The maximum Gasteiger partial charge on any atom is 0.226 e. The largest absolute Gasteiger partial charge is 0.481 e. The molecule has 1 N–H and O–H groups in total. The molecule has 0 amide bonds. The molecule has 3 heterocycles. The second-order valence-electron chi connectivity index (χ2n) is 6.16. The number of nitrogens with one attached hydrogen (secondary N) is 1. The highest BCUT2D eigenvalue weighted by molar-refractivity contribution is 5.81. The van der Waals surface area contributed by atoms with Crippen LogP contribution in [0.15, 0.2) is 48.8 Å². The summed E-state index contributed by atoms with van der Waals surface area (Å²) >= 11 is 0. The van der Waals surface area contributed by atoms with E-state index in [0.29, 0.717) is 24.4 Å². The number of anilines is 1. The predicted octanol–water partition coefficient (Wildman–Crippen LogP) is 2.70. The first-order valence-electron chi connectivity index (χ1n) is 8.37. The Morgan fingerprint density at radius 2 is 2.00 bits per heavy atom. The minimum atomic E-state index is 0.166. The molecule has 2 aromatic heterocycles. The van der Waals surface area contributed by atoms with Gasteiger partial charge in [0, 0.05) is 29.8 Å². The lowest BCUT2D eigenvalue weighted by Crippen LogP contribution is -2.30. The maximum atomic E-state index is 5.72. The van der Waals surface area contributed by atoms with Crippen molar-refractivity contribution in [3.05, 3.63) is 54.4 Å². The van der Waals surface area contributed by atoms with Crippen molar-refractivity contribution < 1.29 is 9.47 Å². The zero-order valence-corrected chi connectivity index (χ0v) is 14.1. The topological polar surface area (TPSA) is 69.2 Å². The van der Waals surface area contributed by atoms with Crippen LogP contribution in [0.5, 0.6) is 5.88 Å². The van der Waals surface area contributed by atoms with Gasteiger partial charge in [-0.15, -0.1) is 0 Å². The Labute approximate surface area is 146 Å². The summed E-state index contributed by atoms with van der Waals surface area (Å²) in [7, 11) is 1.60. The van der Waals surface area contributed by atoms with Gasteiger partial charge >= 0.3 is 0 Å². The lowest BCUT2D eigenvalue weighted by Gasteiger charge is -2.19. The van der Waals surface area contributed by atoms with Crippen LogP contribution < -0.4 is 10.1 Å². The fraction of sp³-hybridized carbons (Fsp3) is 0.316. The molecule has 0 aliphatic carbocycles. The van der Waals surface area contributed by atoms with Crippen LogP contribution in [0.4, 0.5) is 5.95 Å². The molecular weight excluding hydrogens is 316 g/mol. The number of rotatable bonds is 5. The van der Waals surface area contributed by atoms with Crippen molar-refractivity contribution >= 4 is 16.9 Å². The number of pyridine rings is 1. The average Bonchev–Trinajstić information content (AvgIpc) is 3.09. The van der Waals surface area contributed by atoms with Crippen molar-refractivity contribution in [2.45, 2.75) is 12.5 Å². The SMILES string of the molecule is COc1ccnc(N[C@@H]2COC[C@H]2Cc2ccnc3ccccc23)n1. The van der Waals surface area contributed by atoms with E-state index in [-0.39, 0.29) is 6.04 Å². The van der Waals surface area contributed by atoms with Crippen molar-refractivity contribution in [3.8, 4) is 5.88 Å². The van der Waals surface area contributed by atoms with Gasteiger partial charge in [-0.1, -0.05) is 18.2 Å².